The maximum Gasteiger partial charge on any atom is 0.241 e. The number of hydrogen-bond acceptors (Lipinski definition) is 3. The van der Waals surface area contributed by atoms with E-state index in [1.807, 2.05) is 45.0 Å². The van der Waals surface area contributed by atoms with Gasteiger partial charge in [-0.3, -0.25) is 9.59 Å². The highest BCUT2D eigenvalue weighted by molar-refractivity contribution is 6.30. The smallest absolute Gasteiger partial charge is 0.241 e. The molecule has 3 N–H and O–H groups in total. The van der Waals surface area contributed by atoms with Crippen LogP contribution >= 0.6 is 24.0 Å². The van der Waals surface area contributed by atoms with E-state index in [1.54, 1.807) is 11.9 Å². The molecule has 142 valence electrons. The zero-order valence-corrected chi connectivity index (χ0v) is 17.0. The molecule has 1 aromatic carbocycles. The molecule has 0 fully saturated rings. The zero-order chi connectivity index (χ0) is 18.4. The number of amides is 2. The van der Waals surface area contributed by atoms with Gasteiger partial charge in [-0.1, -0.05) is 44.5 Å². The van der Waals surface area contributed by atoms with Crippen molar-refractivity contribution in [3.63, 3.8) is 0 Å². The van der Waals surface area contributed by atoms with Gasteiger partial charge in [0.05, 0.1) is 12.6 Å². The number of hydrogen-bond donors (Lipinski definition) is 2. The second kappa shape index (κ2) is 10.6. The third kappa shape index (κ3) is 6.84. The Labute approximate surface area is 161 Å². The van der Waals surface area contributed by atoms with Crippen molar-refractivity contribution in [3.8, 4) is 0 Å². The molecule has 0 saturated heterocycles. The lowest BCUT2D eigenvalue weighted by Crippen LogP contribution is -2.49. The van der Waals surface area contributed by atoms with E-state index in [-0.39, 0.29) is 48.6 Å². The van der Waals surface area contributed by atoms with Gasteiger partial charge in [0, 0.05) is 24.0 Å². The van der Waals surface area contributed by atoms with E-state index in [0.29, 0.717) is 5.02 Å². The SMILES string of the molecule is CC(c1ccc(Cl)cc1)C(C)N(C)C(=O)CNC(=O)[C@@H](N)C(C)C.Cl. The van der Waals surface area contributed by atoms with E-state index in [4.69, 9.17) is 17.3 Å². The second-order valence-electron chi connectivity index (χ2n) is 6.57. The van der Waals surface area contributed by atoms with Crippen molar-refractivity contribution < 1.29 is 9.59 Å². The number of nitrogens with one attached hydrogen (secondary N) is 1. The van der Waals surface area contributed by atoms with Crippen LogP contribution in [0.1, 0.15) is 39.2 Å². The molecular formula is C18H29Cl2N3O2. The van der Waals surface area contributed by atoms with Gasteiger partial charge in [-0.25, -0.2) is 0 Å². The average Bonchev–Trinajstić information content (AvgIpc) is 2.57. The van der Waals surface area contributed by atoms with Gasteiger partial charge >= 0.3 is 0 Å². The van der Waals surface area contributed by atoms with Gasteiger partial charge in [0.15, 0.2) is 0 Å². The first-order valence-electron chi connectivity index (χ1n) is 8.19. The lowest BCUT2D eigenvalue weighted by Gasteiger charge is -2.30. The standard InChI is InChI=1S/C18H28ClN3O2.ClH/c1-11(2)17(20)18(24)21-10-16(23)22(5)13(4)12(3)14-6-8-15(19)9-7-14;/h6-9,11-13,17H,10,20H2,1-5H3,(H,21,24);1H/t12?,13?,17-;/m0./s1. The molecule has 0 saturated carbocycles. The van der Waals surface area contributed by atoms with Gasteiger partial charge < -0.3 is 16.0 Å². The number of halogens is 2. The maximum absolute atomic E-state index is 12.3. The van der Waals surface area contributed by atoms with Crippen LogP contribution < -0.4 is 11.1 Å². The number of carbonyl (C=O) groups excluding carboxylic acids is 2. The van der Waals surface area contributed by atoms with Crippen LogP contribution in [0.4, 0.5) is 0 Å². The van der Waals surface area contributed by atoms with Crippen molar-refractivity contribution in [2.24, 2.45) is 11.7 Å². The predicted octanol–water partition coefficient (Wildman–Crippen LogP) is 2.81. The molecule has 0 aliphatic rings. The van der Waals surface area contributed by atoms with Crippen LogP contribution in [0.25, 0.3) is 0 Å². The Bertz CT molecular complexity index is 564. The number of rotatable bonds is 7. The highest BCUT2D eigenvalue weighted by Gasteiger charge is 2.24. The molecule has 0 spiro atoms. The van der Waals surface area contributed by atoms with Crippen molar-refractivity contribution in [1.82, 2.24) is 10.2 Å². The van der Waals surface area contributed by atoms with Crippen molar-refractivity contribution in [2.45, 2.75) is 45.7 Å². The molecule has 3 atom stereocenters. The van der Waals surface area contributed by atoms with E-state index in [0.717, 1.165) is 5.56 Å². The predicted molar refractivity (Wildman–Crippen MR) is 105 cm³/mol. The maximum atomic E-state index is 12.3. The first-order chi connectivity index (χ1) is 11.1. The summed E-state index contributed by atoms with van der Waals surface area (Å²) >= 11 is 5.91. The summed E-state index contributed by atoms with van der Waals surface area (Å²) in [4.78, 5) is 25.8. The molecule has 0 aromatic heterocycles. The van der Waals surface area contributed by atoms with Gasteiger partial charge in [-0.05, 0) is 30.5 Å². The summed E-state index contributed by atoms with van der Waals surface area (Å²) < 4.78 is 0. The van der Waals surface area contributed by atoms with E-state index in [1.165, 1.54) is 0 Å². The average molecular weight is 390 g/mol. The third-order valence-corrected chi connectivity index (χ3v) is 4.81. The van der Waals surface area contributed by atoms with E-state index >= 15 is 0 Å². The zero-order valence-electron chi connectivity index (χ0n) is 15.5. The first-order valence-corrected chi connectivity index (χ1v) is 8.57. The third-order valence-electron chi connectivity index (χ3n) is 4.56. The molecular weight excluding hydrogens is 361 g/mol. The Morgan fingerprint density at radius 3 is 2.16 bits per heavy atom. The lowest BCUT2D eigenvalue weighted by molar-refractivity contribution is -0.134. The molecule has 5 nitrogen and oxygen atoms in total. The van der Waals surface area contributed by atoms with Crippen LogP contribution in [-0.2, 0) is 9.59 Å². The molecule has 7 heteroatoms. The Hall–Kier alpha value is -1.30. The van der Waals surface area contributed by atoms with Crippen molar-refractivity contribution in [1.29, 1.82) is 0 Å². The summed E-state index contributed by atoms with van der Waals surface area (Å²) in [6.07, 6.45) is 0. The second-order valence-corrected chi connectivity index (χ2v) is 7.01. The molecule has 25 heavy (non-hydrogen) atoms. The molecule has 0 heterocycles. The summed E-state index contributed by atoms with van der Waals surface area (Å²) in [5.41, 5.74) is 6.88. The lowest BCUT2D eigenvalue weighted by atomic mass is 9.93. The van der Waals surface area contributed by atoms with Gasteiger partial charge in [-0.15, -0.1) is 12.4 Å². The summed E-state index contributed by atoms with van der Waals surface area (Å²) in [7, 11) is 1.74. The van der Waals surface area contributed by atoms with Crippen LogP contribution in [0.15, 0.2) is 24.3 Å². The van der Waals surface area contributed by atoms with Crippen LogP contribution in [0.2, 0.25) is 5.02 Å². The highest BCUT2D eigenvalue weighted by atomic mass is 35.5. The fraction of sp³-hybridized carbons (Fsp3) is 0.556. The molecule has 2 unspecified atom stereocenters. The largest absolute Gasteiger partial charge is 0.346 e. The normalized spacial score (nSPS) is 14.2. The Balaban J connectivity index is 0.00000576. The monoisotopic (exact) mass is 389 g/mol. The fourth-order valence-electron chi connectivity index (χ4n) is 2.32. The Morgan fingerprint density at radius 2 is 1.68 bits per heavy atom. The number of carbonyl (C=O) groups is 2. The minimum absolute atomic E-state index is 0. The quantitative estimate of drug-likeness (QED) is 0.752. The molecule has 0 aliphatic heterocycles. The molecule has 0 aliphatic carbocycles. The van der Waals surface area contributed by atoms with Gasteiger partial charge in [0.25, 0.3) is 0 Å². The topological polar surface area (TPSA) is 75.4 Å². The molecule has 2 amide bonds. The van der Waals surface area contributed by atoms with Gasteiger partial charge in [0.1, 0.15) is 0 Å². The fourth-order valence-corrected chi connectivity index (χ4v) is 2.44. The van der Waals surface area contributed by atoms with Crippen molar-refractivity contribution in [2.75, 3.05) is 13.6 Å². The van der Waals surface area contributed by atoms with Crippen molar-refractivity contribution in [3.05, 3.63) is 34.9 Å². The summed E-state index contributed by atoms with van der Waals surface area (Å²) in [6, 6.07) is 6.99. The molecule has 0 bridgehead atoms. The summed E-state index contributed by atoms with van der Waals surface area (Å²) in [5, 5.41) is 3.30. The molecule has 0 radical (unpaired) electrons. The number of likely N-dealkylation sites (N-methyl/N-ethyl adjacent to an activating group) is 1. The van der Waals surface area contributed by atoms with E-state index < -0.39 is 6.04 Å². The summed E-state index contributed by atoms with van der Waals surface area (Å²) in [6.45, 7) is 7.74. The van der Waals surface area contributed by atoms with Gasteiger partial charge in [0.2, 0.25) is 11.8 Å². The van der Waals surface area contributed by atoms with Crippen LogP contribution in [-0.4, -0.2) is 42.4 Å². The molecule has 1 aromatic rings. The highest BCUT2D eigenvalue weighted by Crippen LogP contribution is 2.23. The number of nitrogens with zero attached hydrogens (tertiary/aromatic N) is 1. The van der Waals surface area contributed by atoms with Gasteiger partial charge in [-0.2, -0.15) is 0 Å². The minimum atomic E-state index is -0.603. The van der Waals surface area contributed by atoms with Crippen molar-refractivity contribution >= 4 is 35.8 Å². The Kier molecular flexibility index (Phi) is 10.1. The summed E-state index contributed by atoms with van der Waals surface area (Å²) in [5.74, 6) is -0.274. The first kappa shape index (κ1) is 23.7. The van der Waals surface area contributed by atoms with E-state index in [2.05, 4.69) is 12.2 Å². The number of benzene rings is 1. The minimum Gasteiger partial charge on any atom is -0.346 e. The molecule has 1 rings (SSSR count). The number of nitrogens with two attached hydrogens (primary N) is 1. The van der Waals surface area contributed by atoms with Crippen LogP contribution in [0.5, 0.6) is 0 Å². The van der Waals surface area contributed by atoms with Crippen LogP contribution in [0.3, 0.4) is 0 Å². The Morgan fingerprint density at radius 1 is 1.16 bits per heavy atom. The van der Waals surface area contributed by atoms with E-state index in [9.17, 15) is 9.59 Å². The van der Waals surface area contributed by atoms with Crippen LogP contribution in [0, 0.1) is 5.92 Å².